The quantitative estimate of drug-likeness (QED) is 0.178. The highest BCUT2D eigenvalue weighted by atomic mass is 16.7. The van der Waals surface area contributed by atoms with E-state index in [-0.39, 0.29) is 28.8 Å². The van der Waals surface area contributed by atoms with Crippen molar-refractivity contribution in [1.29, 1.82) is 5.41 Å². The third-order valence-corrected chi connectivity index (χ3v) is 5.89. The van der Waals surface area contributed by atoms with Gasteiger partial charge in [-0.3, -0.25) is 19.8 Å². The number of nitro groups is 1. The van der Waals surface area contributed by atoms with Gasteiger partial charge in [-0.1, -0.05) is 56.1 Å². The number of nitrogens with zero attached hydrogens (tertiary/aromatic N) is 3. The highest BCUT2D eigenvalue weighted by molar-refractivity contribution is 6.01. The molecule has 12 heteroatoms. The van der Waals surface area contributed by atoms with Gasteiger partial charge in [-0.25, -0.2) is 10.1 Å². The Morgan fingerprint density at radius 1 is 1.18 bits per heavy atom. The number of hydrazine groups is 1. The van der Waals surface area contributed by atoms with Gasteiger partial charge in [0.05, 0.1) is 6.54 Å². The van der Waals surface area contributed by atoms with Crippen molar-refractivity contribution in [3.8, 4) is 0 Å². The van der Waals surface area contributed by atoms with Gasteiger partial charge in [0.25, 0.3) is 5.96 Å². The van der Waals surface area contributed by atoms with Crippen molar-refractivity contribution in [2.75, 3.05) is 16.8 Å². The number of carbonyl (C=O) groups excluding carboxylic acids is 3. The molecule has 1 heterocycles. The number of benzene rings is 2. The van der Waals surface area contributed by atoms with E-state index in [1.165, 1.54) is 0 Å². The number of amides is 3. The van der Waals surface area contributed by atoms with Crippen molar-refractivity contribution in [3.63, 3.8) is 0 Å². The van der Waals surface area contributed by atoms with Crippen LogP contribution in [0.1, 0.15) is 44.7 Å². The molecule has 5 N–H and O–H groups in total. The van der Waals surface area contributed by atoms with Crippen LogP contribution < -0.4 is 21.3 Å². The number of rotatable bonds is 8. The minimum absolute atomic E-state index is 0.108. The lowest BCUT2D eigenvalue weighted by molar-refractivity contribution is -0.627. The Bertz CT molecular complexity index is 1230. The third kappa shape index (κ3) is 7.51. The summed E-state index contributed by atoms with van der Waals surface area (Å²) in [6.45, 7) is 5.33. The average molecular weight is 524 g/mol. The minimum atomic E-state index is -0.952. The molecule has 12 nitrogen and oxygen atoms in total. The molecule has 2 aromatic carbocycles. The molecule has 0 bridgehead atoms. The van der Waals surface area contributed by atoms with Crippen LogP contribution in [0.2, 0.25) is 0 Å². The van der Waals surface area contributed by atoms with Crippen molar-refractivity contribution in [2.24, 2.45) is 11.1 Å². The maximum atomic E-state index is 13.6. The van der Waals surface area contributed by atoms with Crippen LogP contribution in [0.4, 0.5) is 11.4 Å². The number of anilines is 2. The number of guanidine groups is 1. The van der Waals surface area contributed by atoms with Gasteiger partial charge in [0.1, 0.15) is 6.04 Å². The fraction of sp³-hybridized carbons (Fsp3) is 0.385. The topological polar surface area (TPSA) is 175 Å². The van der Waals surface area contributed by atoms with Gasteiger partial charge in [-0.2, -0.15) is 0 Å². The van der Waals surface area contributed by atoms with E-state index < -0.39 is 29.5 Å². The van der Waals surface area contributed by atoms with Gasteiger partial charge in [0.15, 0.2) is 11.6 Å². The molecule has 0 saturated carbocycles. The SMILES string of the molecule is CC(C)(C)CC(=O)Nc1cccc(CN2C(=O)C(NC(=O)CN(C(=N)N)[N+](=O)[O-])CCc3ccccc32)c1. The Kier molecular flexibility index (Phi) is 8.66. The van der Waals surface area contributed by atoms with Crippen molar-refractivity contribution >= 4 is 35.1 Å². The maximum Gasteiger partial charge on any atom is 0.252 e. The lowest BCUT2D eigenvalue weighted by Gasteiger charge is -2.27. The summed E-state index contributed by atoms with van der Waals surface area (Å²) in [5.74, 6) is -2.17. The number of carbonyl (C=O) groups is 3. The van der Waals surface area contributed by atoms with E-state index in [4.69, 9.17) is 11.1 Å². The predicted octanol–water partition coefficient (Wildman–Crippen LogP) is 2.41. The zero-order valence-electron chi connectivity index (χ0n) is 21.7. The highest BCUT2D eigenvalue weighted by Gasteiger charge is 2.33. The zero-order valence-corrected chi connectivity index (χ0v) is 21.7. The minimum Gasteiger partial charge on any atom is -0.365 e. The first-order valence-corrected chi connectivity index (χ1v) is 12.2. The Morgan fingerprint density at radius 2 is 1.89 bits per heavy atom. The van der Waals surface area contributed by atoms with E-state index in [0.29, 0.717) is 30.6 Å². The lowest BCUT2D eigenvalue weighted by Crippen LogP contribution is -2.52. The van der Waals surface area contributed by atoms with Crippen LogP contribution in [0.3, 0.4) is 0 Å². The summed E-state index contributed by atoms with van der Waals surface area (Å²) in [7, 11) is 0. The Morgan fingerprint density at radius 3 is 2.55 bits per heavy atom. The smallest absolute Gasteiger partial charge is 0.252 e. The Labute approximate surface area is 220 Å². The zero-order chi connectivity index (χ0) is 28.0. The monoisotopic (exact) mass is 523 g/mol. The summed E-state index contributed by atoms with van der Waals surface area (Å²) in [5, 5.41) is 23.1. The number of nitrogens with one attached hydrogen (secondary N) is 3. The second-order valence-electron chi connectivity index (χ2n) is 10.4. The Balaban J connectivity index is 1.81. The van der Waals surface area contributed by atoms with Gasteiger partial charge in [-0.15, -0.1) is 0 Å². The van der Waals surface area contributed by atoms with E-state index in [0.717, 1.165) is 11.1 Å². The summed E-state index contributed by atoms with van der Waals surface area (Å²) in [6, 6.07) is 13.7. The fourth-order valence-corrected chi connectivity index (χ4v) is 4.24. The van der Waals surface area contributed by atoms with Crippen molar-refractivity contribution in [3.05, 3.63) is 69.8 Å². The molecule has 1 unspecified atom stereocenters. The molecule has 1 aliphatic rings. The van der Waals surface area contributed by atoms with Gasteiger partial charge in [-0.05, 0) is 47.6 Å². The molecule has 38 heavy (non-hydrogen) atoms. The second kappa shape index (κ2) is 11.7. The van der Waals surface area contributed by atoms with Crippen LogP contribution in [0.25, 0.3) is 0 Å². The van der Waals surface area contributed by atoms with E-state index >= 15 is 0 Å². The van der Waals surface area contributed by atoms with Crippen molar-refractivity contribution < 1.29 is 19.4 Å². The molecular formula is C26H33N7O5. The van der Waals surface area contributed by atoms with Crippen LogP contribution in [-0.2, 0) is 27.3 Å². The fourth-order valence-electron chi connectivity index (χ4n) is 4.24. The molecule has 2 aromatic rings. The number of hydrogen-bond acceptors (Lipinski definition) is 6. The van der Waals surface area contributed by atoms with Gasteiger partial charge >= 0.3 is 0 Å². The average Bonchev–Trinajstić information content (AvgIpc) is 2.93. The maximum absolute atomic E-state index is 13.6. The largest absolute Gasteiger partial charge is 0.365 e. The molecule has 0 fully saturated rings. The van der Waals surface area contributed by atoms with Crippen LogP contribution in [0, 0.1) is 20.9 Å². The molecule has 0 radical (unpaired) electrons. The molecule has 0 saturated heterocycles. The van der Waals surface area contributed by atoms with Crippen LogP contribution >= 0.6 is 0 Å². The number of nitrogens with two attached hydrogens (primary N) is 1. The molecule has 0 aromatic heterocycles. The number of hydrogen-bond donors (Lipinski definition) is 4. The number of fused-ring (bicyclic) bond motifs is 1. The van der Waals surface area contributed by atoms with Gasteiger partial charge in [0, 0.05) is 17.8 Å². The summed E-state index contributed by atoms with van der Waals surface area (Å²) in [6.07, 6.45) is 1.14. The summed E-state index contributed by atoms with van der Waals surface area (Å²) >= 11 is 0. The molecule has 0 aliphatic carbocycles. The first-order valence-electron chi connectivity index (χ1n) is 12.2. The summed E-state index contributed by atoms with van der Waals surface area (Å²) in [4.78, 5) is 51.3. The molecule has 1 aliphatic heterocycles. The molecule has 3 rings (SSSR count). The van der Waals surface area contributed by atoms with E-state index in [1.807, 2.05) is 51.1 Å². The molecular weight excluding hydrogens is 490 g/mol. The third-order valence-electron chi connectivity index (χ3n) is 5.89. The van der Waals surface area contributed by atoms with E-state index in [9.17, 15) is 24.5 Å². The predicted molar refractivity (Wildman–Crippen MR) is 143 cm³/mol. The van der Waals surface area contributed by atoms with Crippen LogP contribution in [0.15, 0.2) is 48.5 Å². The van der Waals surface area contributed by atoms with E-state index in [1.54, 1.807) is 23.1 Å². The first-order chi connectivity index (χ1) is 17.8. The van der Waals surface area contributed by atoms with Gasteiger partial charge < -0.3 is 21.3 Å². The Hall–Kier alpha value is -4.48. The summed E-state index contributed by atoms with van der Waals surface area (Å²) in [5.41, 5.74) is 8.03. The normalized spacial score (nSPS) is 15.2. The van der Waals surface area contributed by atoms with Crippen LogP contribution in [0.5, 0.6) is 0 Å². The number of aryl methyl sites for hydroxylation is 1. The molecule has 3 amide bonds. The summed E-state index contributed by atoms with van der Waals surface area (Å²) < 4.78 is 0. The van der Waals surface area contributed by atoms with Gasteiger partial charge in [0.2, 0.25) is 17.7 Å². The lowest BCUT2D eigenvalue weighted by atomic mass is 9.92. The van der Waals surface area contributed by atoms with Crippen molar-refractivity contribution in [1.82, 2.24) is 10.3 Å². The highest BCUT2D eigenvalue weighted by Crippen LogP contribution is 2.29. The second-order valence-corrected chi connectivity index (χ2v) is 10.4. The van der Waals surface area contributed by atoms with Crippen LogP contribution in [-0.4, -0.2) is 46.3 Å². The molecule has 202 valence electrons. The molecule has 0 spiro atoms. The first kappa shape index (κ1) is 28.1. The van der Waals surface area contributed by atoms with Crippen molar-refractivity contribution in [2.45, 2.75) is 52.6 Å². The standard InChI is InChI=1S/C26H33N7O5/c1-26(2,3)14-22(34)29-19-9-6-7-17(13-19)15-31-21-10-5-4-8-18(21)11-12-20(24(31)36)30-23(35)16-32(25(27)28)33(37)38/h4-10,13,20H,11-12,14-16H2,1-3H3,(H3,27,28)(H,29,34)(H,30,35). The molecule has 1 atom stereocenters. The number of para-hydroxylation sites is 1. The van der Waals surface area contributed by atoms with E-state index in [2.05, 4.69) is 10.6 Å².